The molecule has 0 spiro atoms. The normalized spacial score (nSPS) is 11.7. The number of hydrogen-bond acceptors (Lipinski definition) is 3. The molecule has 2 rings (SSSR count). The van der Waals surface area contributed by atoms with Crippen LogP contribution in [0, 0.1) is 5.21 Å². The van der Waals surface area contributed by atoms with Crippen LogP contribution in [0.5, 0.6) is 11.5 Å². The van der Waals surface area contributed by atoms with Gasteiger partial charge in [0.2, 0.25) is 5.52 Å². The van der Waals surface area contributed by atoms with Gasteiger partial charge in [0.15, 0.2) is 6.20 Å². The Balaban J connectivity index is 2.54. The summed E-state index contributed by atoms with van der Waals surface area (Å²) in [5.41, 5.74) is -0.105. The lowest BCUT2D eigenvalue weighted by Gasteiger charge is -2.09. The highest BCUT2D eigenvalue weighted by Crippen LogP contribution is 2.28. The van der Waals surface area contributed by atoms with Crippen LogP contribution in [0.2, 0.25) is 0 Å². The van der Waals surface area contributed by atoms with Gasteiger partial charge in [-0.15, -0.1) is 13.2 Å². The van der Waals surface area contributed by atoms with Gasteiger partial charge in [0, 0.05) is 6.07 Å². The molecule has 1 aromatic heterocycles. The quantitative estimate of drug-likeness (QED) is 0.618. The van der Waals surface area contributed by atoms with E-state index in [1.165, 1.54) is 6.07 Å². The zero-order valence-electron chi connectivity index (χ0n) is 8.23. The van der Waals surface area contributed by atoms with Gasteiger partial charge < -0.3 is 15.1 Å². The monoisotopic (exact) mass is 245 g/mol. The van der Waals surface area contributed by atoms with Crippen molar-refractivity contribution in [3.05, 3.63) is 35.7 Å². The number of pyridine rings is 1. The van der Waals surface area contributed by atoms with Crippen molar-refractivity contribution in [1.82, 2.24) is 0 Å². The van der Waals surface area contributed by atoms with Gasteiger partial charge in [-0.05, 0) is 12.1 Å². The van der Waals surface area contributed by atoms with Gasteiger partial charge in [-0.25, -0.2) is 0 Å². The maximum Gasteiger partial charge on any atom is 0.573 e. The van der Waals surface area contributed by atoms with Crippen molar-refractivity contribution in [2.45, 2.75) is 6.36 Å². The van der Waals surface area contributed by atoms with Crippen molar-refractivity contribution in [2.75, 3.05) is 0 Å². The largest absolute Gasteiger partial charge is 0.618 e. The molecule has 0 radical (unpaired) electrons. The van der Waals surface area contributed by atoms with E-state index in [1.54, 1.807) is 0 Å². The maximum atomic E-state index is 12.0. The molecule has 0 fully saturated rings. The number of fused-ring (bicyclic) bond motifs is 1. The zero-order valence-corrected chi connectivity index (χ0v) is 8.23. The Kier molecular flexibility index (Phi) is 2.45. The number of rotatable bonds is 1. The van der Waals surface area contributed by atoms with Crippen LogP contribution in [0.25, 0.3) is 10.9 Å². The standard InChI is InChI=1S/C10H6F3NO3/c11-10(12,13)17-6-1-2-7-8(5-6)14(16)4-3-9(7)15/h1-5,15H. The molecule has 1 heterocycles. The first-order valence-corrected chi connectivity index (χ1v) is 4.47. The molecule has 0 aliphatic carbocycles. The first-order chi connectivity index (χ1) is 7.87. The summed E-state index contributed by atoms with van der Waals surface area (Å²) in [6, 6.07) is 4.27. The molecule has 17 heavy (non-hydrogen) atoms. The molecule has 0 aliphatic heterocycles. The van der Waals surface area contributed by atoms with Crippen LogP contribution >= 0.6 is 0 Å². The van der Waals surface area contributed by atoms with Crippen LogP contribution < -0.4 is 9.47 Å². The Morgan fingerprint density at radius 2 is 1.94 bits per heavy atom. The molecule has 0 atom stereocenters. The Hall–Kier alpha value is -2.18. The van der Waals surface area contributed by atoms with E-state index in [4.69, 9.17) is 0 Å². The number of alkyl halides is 3. The topological polar surface area (TPSA) is 56.4 Å². The van der Waals surface area contributed by atoms with Crippen LogP contribution in [0.1, 0.15) is 0 Å². The van der Waals surface area contributed by atoms with E-state index in [-0.39, 0.29) is 16.7 Å². The Bertz CT molecular complexity index is 568. The Morgan fingerprint density at radius 3 is 2.59 bits per heavy atom. The van der Waals surface area contributed by atoms with Crippen molar-refractivity contribution in [3.63, 3.8) is 0 Å². The van der Waals surface area contributed by atoms with Crippen molar-refractivity contribution >= 4 is 10.9 Å². The Labute approximate surface area is 93.1 Å². The van der Waals surface area contributed by atoms with Crippen LogP contribution in [-0.2, 0) is 0 Å². The summed E-state index contributed by atoms with van der Waals surface area (Å²) in [7, 11) is 0. The zero-order chi connectivity index (χ0) is 12.6. The van der Waals surface area contributed by atoms with Gasteiger partial charge in [-0.3, -0.25) is 0 Å². The SMILES string of the molecule is [O-][n+]1ccc(O)c2ccc(OC(F)(F)F)cc21. The fourth-order valence-electron chi connectivity index (χ4n) is 1.42. The number of aromatic nitrogens is 1. The summed E-state index contributed by atoms with van der Waals surface area (Å²) in [4.78, 5) is 0. The summed E-state index contributed by atoms with van der Waals surface area (Å²) in [5, 5.41) is 20.9. The van der Waals surface area contributed by atoms with Crippen LogP contribution in [0.4, 0.5) is 13.2 Å². The second kappa shape index (κ2) is 3.69. The third kappa shape index (κ3) is 2.32. The molecule has 90 valence electrons. The van der Waals surface area contributed by atoms with E-state index in [9.17, 15) is 23.5 Å². The molecule has 1 N–H and O–H groups in total. The van der Waals surface area contributed by atoms with Crippen LogP contribution in [0.3, 0.4) is 0 Å². The molecule has 2 aromatic rings. The number of aromatic hydroxyl groups is 1. The summed E-state index contributed by atoms with van der Waals surface area (Å²) in [6.45, 7) is 0. The molecule has 0 bridgehead atoms. The minimum atomic E-state index is -4.82. The number of ether oxygens (including phenoxy) is 1. The average Bonchev–Trinajstić information content (AvgIpc) is 2.21. The van der Waals surface area contributed by atoms with Gasteiger partial charge in [-0.1, -0.05) is 0 Å². The van der Waals surface area contributed by atoms with Gasteiger partial charge in [-0.2, -0.15) is 4.73 Å². The summed E-state index contributed by atoms with van der Waals surface area (Å²) in [6.07, 6.45) is -3.83. The van der Waals surface area contributed by atoms with Crippen molar-refractivity contribution < 1.29 is 27.7 Å². The third-order valence-electron chi connectivity index (χ3n) is 2.08. The molecule has 4 nitrogen and oxygen atoms in total. The first-order valence-electron chi connectivity index (χ1n) is 4.47. The second-order valence-corrected chi connectivity index (χ2v) is 3.25. The highest BCUT2D eigenvalue weighted by Gasteiger charge is 2.31. The predicted octanol–water partition coefficient (Wildman–Crippen LogP) is 2.08. The minimum Gasteiger partial charge on any atom is -0.618 e. The highest BCUT2D eigenvalue weighted by atomic mass is 19.4. The van der Waals surface area contributed by atoms with Crippen molar-refractivity contribution in [3.8, 4) is 11.5 Å². The second-order valence-electron chi connectivity index (χ2n) is 3.25. The number of benzene rings is 1. The predicted molar refractivity (Wildman–Crippen MR) is 51.3 cm³/mol. The number of hydrogen-bond donors (Lipinski definition) is 1. The van der Waals surface area contributed by atoms with Gasteiger partial charge >= 0.3 is 6.36 Å². The molecule has 0 amide bonds. The molecule has 1 aromatic carbocycles. The molecular weight excluding hydrogens is 239 g/mol. The molecular formula is C10H6F3NO3. The van der Waals surface area contributed by atoms with Crippen LogP contribution in [-0.4, -0.2) is 11.5 Å². The average molecular weight is 245 g/mol. The van der Waals surface area contributed by atoms with E-state index < -0.39 is 12.1 Å². The minimum absolute atomic E-state index is 0.105. The van der Waals surface area contributed by atoms with E-state index in [2.05, 4.69) is 4.74 Å². The van der Waals surface area contributed by atoms with Gasteiger partial charge in [0.1, 0.15) is 11.5 Å². The van der Waals surface area contributed by atoms with E-state index in [0.717, 1.165) is 24.4 Å². The number of halogens is 3. The molecule has 7 heteroatoms. The lowest BCUT2D eigenvalue weighted by atomic mass is 10.2. The molecule has 0 saturated heterocycles. The van der Waals surface area contributed by atoms with E-state index in [0.29, 0.717) is 4.73 Å². The smallest absolute Gasteiger partial charge is 0.573 e. The lowest BCUT2D eigenvalue weighted by Crippen LogP contribution is -2.26. The first kappa shape index (κ1) is 11.3. The summed E-state index contributed by atoms with van der Waals surface area (Å²) < 4.78 is 39.9. The summed E-state index contributed by atoms with van der Waals surface area (Å²) >= 11 is 0. The van der Waals surface area contributed by atoms with E-state index >= 15 is 0 Å². The fraction of sp³-hybridized carbons (Fsp3) is 0.100. The lowest BCUT2D eigenvalue weighted by molar-refractivity contribution is -0.577. The molecule has 0 aliphatic rings. The van der Waals surface area contributed by atoms with Crippen molar-refractivity contribution in [2.24, 2.45) is 0 Å². The van der Waals surface area contributed by atoms with Gasteiger partial charge in [0.25, 0.3) is 0 Å². The fourth-order valence-corrected chi connectivity index (χ4v) is 1.42. The summed E-state index contributed by atoms with van der Waals surface area (Å²) in [5.74, 6) is -0.703. The van der Waals surface area contributed by atoms with E-state index in [1.807, 2.05) is 0 Å². The molecule has 0 saturated carbocycles. The van der Waals surface area contributed by atoms with Gasteiger partial charge in [0.05, 0.1) is 11.5 Å². The Morgan fingerprint density at radius 1 is 1.24 bits per heavy atom. The molecule has 0 unspecified atom stereocenters. The van der Waals surface area contributed by atoms with Crippen molar-refractivity contribution in [1.29, 1.82) is 0 Å². The maximum absolute atomic E-state index is 12.0. The number of nitrogens with zero attached hydrogens (tertiary/aromatic N) is 1. The van der Waals surface area contributed by atoms with Crippen LogP contribution in [0.15, 0.2) is 30.5 Å². The highest BCUT2D eigenvalue weighted by molar-refractivity contribution is 5.83. The third-order valence-corrected chi connectivity index (χ3v) is 2.08.